The Balaban J connectivity index is 2.23. The van der Waals surface area contributed by atoms with Crippen LogP contribution in [0.4, 0.5) is 0 Å². The molecule has 0 saturated carbocycles. The molecule has 0 N–H and O–H groups in total. The maximum absolute atomic E-state index is 5.55. The second-order valence-electron chi connectivity index (χ2n) is 2.83. The van der Waals surface area contributed by atoms with Crippen LogP contribution in [0.1, 0.15) is 6.92 Å². The average Bonchev–Trinajstić information content (AvgIpc) is 2.67. The van der Waals surface area contributed by atoms with Crippen molar-refractivity contribution in [2.45, 2.75) is 11.8 Å². The van der Waals surface area contributed by atoms with Crippen molar-refractivity contribution < 1.29 is 4.52 Å². The second-order valence-corrected chi connectivity index (χ2v) is 4.49. The summed E-state index contributed by atoms with van der Waals surface area (Å²) in [7, 11) is 0. The molecular weight excluding hydrogens is 232 g/mol. The first kappa shape index (κ1) is 10.5. The van der Waals surface area contributed by atoms with E-state index in [0.29, 0.717) is 5.82 Å². The molecule has 0 aliphatic rings. The lowest BCUT2D eigenvalue weighted by atomic mass is 10.2. The summed E-state index contributed by atoms with van der Waals surface area (Å²) in [5.41, 5.74) is 0.908. The zero-order chi connectivity index (χ0) is 10.7. The first-order chi connectivity index (χ1) is 7.29. The molecule has 2 rings (SSSR count). The molecule has 0 fully saturated rings. The van der Waals surface area contributed by atoms with E-state index in [1.807, 2.05) is 24.3 Å². The fourth-order valence-electron chi connectivity index (χ4n) is 1.19. The minimum atomic E-state index is 0.0667. The Morgan fingerprint density at radius 2 is 2.07 bits per heavy atom. The minimum Gasteiger partial charge on any atom is -0.321 e. The lowest BCUT2D eigenvalue weighted by molar-refractivity contribution is 0.421. The van der Waals surface area contributed by atoms with Gasteiger partial charge >= 0.3 is 5.35 Å². The van der Waals surface area contributed by atoms with Crippen LogP contribution < -0.4 is 0 Å². The van der Waals surface area contributed by atoms with Gasteiger partial charge in [0.1, 0.15) is 0 Å². The van der Waals surface area contributed by atoms with E-state index in [-0.39, 0.29) is 5.35 Å². The summed E-state index contributed by atoms with van der Waals surface area (Å²) >= 11 is 7.34. The highest BCUT2D eigenvalue weighted by atomic mass is 35.5. The van der Waals surface area contributed by atoms with E-state index < -0.39 is 0 Å². The van der Waals surface area contributed by atoms with Gasteiger partial charge < -0.3 is 4.52 Å². The number of halogens is 1. The van der Waals surface area contributed by atoms with Gasteiger partial charge in [-0.15, -0.1) is 11.8 Å². The third-order valence-corrected chi connectivity index (χ3v) is 2.87. The molecule has 0 amide bonds. The first-order valence-corrected chi connectivity index (χ1v) is 5.88. The van der Waals surface area contributed by atoms with Crippen molar-refractivity contribution in [2.24, 2.45) is 0 Å². The number of hydrogen-bond donors (Lipinski definition) is 0. The molecule has 0 aliphatic heterocycles. The molecule has 0 aliphatic carbocycles. The van der Waals surface area contributed by atoms with Gasteiger partial charge in [0.2, 0.25) is 5.82 Å². The topological polar surface area (TPSA) is 38.9 Å². The Hall–Kier alpha value is -1.00. The Morgan fingerprint density at radius 3 is 2.60 bits per heavy atom. The first-order valence-electron chi connectivity index (χ1n) is 4.52. The number of hydrogen-bond acceptors (Lipinski definition) is 4. The Kier molecular flexibility index (Phi) is 3.28. The largest absolute Gasteiger partial charge is 0.321 e. The molecule has 5 heteroatoms. The molecule has 0 saturated heterocycles. The number of nitrogens with zero attached hydrogens (tertiary/aromatic N) is 2. The van der Waals surface area contributed by atoms with Crippen molar-refractivity contribution in [1.29, 1.82) is 0 Å². The minimum absolute atomic E-state index is 0.0667. The number of aromatic nitrogens is 2. The summed E-state index contributed by atoms with van der Waals surface area (Å²) in [4.78, 5) is 5.17. The molecule has 1 aromatic carbocycles. The van der Waals surface area contributed by atoms with Gasteiger partial charge in [-0.2, -0.15) is 4.98 Å². The SMILES string of the molecule is CCSc1ccc(-c2noc(Cl)n2)cc1. The summed E-state index contributed by atoms with van der Waals surface area (Å²) in [6, 6.07) is 7.99. The predicted molar refractivity (Wildman–Crippen MR) is 61.1 cm³/mol. The van der Waals surface area contributed by atoms with Crippen LogP contribution in [-0.2, 0) is 0 Å². The number of thioether (sulfide) groups is 1. The van der Waals surface area contributed by atoms with Crippen LogP contribution in [0.15, 0.2) is 33.7 Å². The smallest absolute Gasteiger partial charge is 0.320 e. The molecule has 0 spiro atoms. The van der Waals surface area contributed by atoms with Crippen molar-refractivity contribution in [3.63, 3.8) is 0 Å². The van der Waals surface area contributed by atoms with E-state index in [0.717, 1.165) is 11.3 Å². The van der Waals surface area contributed by atoms with E-state index in [4.69, 9.17) is 16.1 Å². The van der Waals surface area contributed by atoms with Crippen LogP contribution in [0.2, 0.25) is 5.35 Å². The van der Waals surface area contributed by atoms with E-state index >= 15 is 0 Å². The van der Waals surface area contributed by atoms with Crippen molar-refractivity contribution >= 4 is 23.4 Å². The fourth-order valence-corrected chi connectivity index (χ4v) is 1.97. The Morgan fingerprint density at radius 1 is 1.33 bits per heavy atom. The summed E-state index contributed by atoms with van der Waals surface area (Å²) in [5, 5.41) is 3.80. The molecule has 0 radical (unpaired) electrons. The third kappa shape index (κ3) is 2.52. The molecule has 0 bridgehead atoms. The van der Waals surface area contributed by atoms with Crippen LogP contribution in [-0.4, -0.2) is 15.9 Å². The zero-order valence-corrected chi connectivity index (χ0v) is 9.68. The zero-order valence-electron chi connectivity index (χ0n) is 8.11. The molecule has 1 heterocycles. The van der Waals surface area contributed by atoms with Crippen LogP contribution >= 0.6 is 23.4 Å². The summed E-state index contributed by atoms with van der Waals surface area (Å²) in [6.45, 7) is 2.12. The molecule has 3 nitrogen and oxygen atoms in total. The van der Waals surface area contributed by atoms with Crippen molar-refractivity contribution in [3.05, 3.63) is 29.6 Å². The van der Waals surface area contributed by atoms with E-state index in [9.17, 15) is 0 Å². The summed E-state index contributed by atoms with van der Waals surface area (Å²) < 4.78 is 4.70. The predicted octanol–water partition coefficient (Wildman–Crippen LogP) is 3.50. The van der Waals surface area contributed by atoms with Crippen LogP contribution in [0.5, 0.6) is 0 Å². The van der Waals surface area contributed by atoms with E-state index in [1.54, 1.807) is 11.8 Å². The van der Waals surface area contributed by atoms with Gasteiger partial charge in [-0.05, 0) is 41.6 Å². The molecule has 15 heavy (non-hydrogen) atoms. The van der Waals surface area contributed by atoms with E-state index in [1.165, 1.54) is 4.90 Å². The lowest BCUT2D eigenvalue weighted by Crippen LogP contribution is -1.80. The van der Waals surface area contributed by atoms with Gasteiger partial charge in [0.25, 0.3) is 0 Å². The normalized spacial score (nSPS) is 10.5. The maximum atomic E-state index is 5.55. The molecule has 0 atom stereocenters. The lowest BCUT2D eigenvalue weighted by Gasteiger charge is -1.98. The van der Waals surface area contributed by atoms with Gasteiger partial charge in [0, 0.05) is 10.5 Å². The molecular formula is C10H9ClN2OS. The molecule has 1 aromatic heterocycles. The molecule has 2 aromatic rings. The summed E-state index contributed by atoms with van der Waals surface area (Å²) in [6.07, 6.45) is 0. The maximum Gasteiger partial charge on any atom is 0.320 e. The van der Waals surface area contributed by atoms with E-state index in [2.05, 4.69) is 17.1 Å². The van der Waals surface area contributed by atoms with Gasteiger partial charge in [-0.25, -0.2) is 0 Å². The second kappa shape index (κ2) is 4.68. The van der Waals surface area contributed by atoms with Crippen molar-refractivity contribution in [2.75, 3.05) is 5.75 Å². The monoisotopic (exact) mass is 240 g/mol. The highest BCUT2D eigenvalue weighted by Gasteiger charge is 2.05. The Bertz CT molecular complexity index is 441. The Labute approximate surface area is 96.8 Å². The quantitative estimate of drug-likeness (QED) is 0.770. The average molecular weight is 241 g/mol. The van der Waals surface area contributed by atoms with Crippen LogP contribution in [0.3, 0.4) is 0 Å². The third-order valence-electron chi connectivity index (χ3n) is 1.82. The van der Waals surface area contributed by atoms with Gasteiger partial charge in [-0.1, -0.05) is 12.1 Å². The highest BCUT2D eigenvalue weighted by Crippen LogP contribution is 2.22. The van der Waals surface area contributed by atoms with Crippen LogP contribution in [0, 0.1) is 0 Å². The van der Waals surface area contributed by atoms with Gasteiger partial charge in [0.05, 0.1) is 0 Å². The molecule has 78 valence electrons. The highest BCUT2D eigenvalue weighted by molar-refractivity contribution is 7.99. The summed E-state index contributed by atoms with van der Waals surface area (Å²) in [5.74, 6) is 1.58. The molecule has 0 unspecified atom stereocenters. The standard InChI is InChI=1S/C10H9ClN2OS/c1-2-15-8-5-3-7(4-6-8)9-12-10(11)14-13-9/h3-6H,2H2,1H3. The number of benzene rings is 1. The fraction of sp³-hybridized carbons (Fsp3) is 0.200. The van der Waals surface area contributed by atoms with Crippen LogP contribution in [0.25, 0.3) is 11.4 Å². The van der Waals surface area contributed by atoms with Crippen molar-refractivity contribution in [3.8, 4) is 11.4 Å². The van der Waals surface area contributed by atoms with Gasteiger partial charge in [0.15, 0.2) is 0 Å². The number of rotatable bonds is 3. The van der Waals surface area contributed by atoms with Crippen molar-refractivity contribution in [1.82, 2.24) is 10.1 Å². The van der Waals surface area contributed by atoms with Gasteiger partial charge in [-0.3, -0.25) is 0 Å².